The lowest BCUT2D eigenvalue weighted by Gasteiger charge is -2.15. The minimum absolute atomic E-state index is 0.668. The summed E-state index contributed by atoms with van der Waals surface area (Å²) in [7, 11) is 0. The fourth-order valence-electron chi connectivity index (χ4n) is 2.39. The maximum atomic E-state index is 4.66. The molecule has 18 heavy (non-hydrogen) atoms. The summed E-state index contributed by atoms with van der Waals surface area (Å²) in [5.41, 5.74) is 2.61. The van der Waals surface area contributed by atoms with Crippen LogP contribution in [0.3, 0.4) is 0 Å². The molecule has 0 amide bonds. The van der Waals surface area contributed by atoms with Crippen LogP contribution in [-0.4, -0.2) is 22.4 Å². The number of nitrogens with zero attached hydrogens (tertiary/aromatic N) is 2. The quantitative estimate of drug-likeness (QED) is 0.730. The lowest BCUT2D eigenvalue weighted by Crippen LogP contribution is -2.28. The van der Waals surface area contributed by atoms with E-state index in [1.807, 2.05) is 0 Å². The van der Waals surface area contributed by atoms with Gasteiger partial charge in [0.2, 0.25) is 0 Å². The Morgan fingerprint density at radius 2 is 2.00 bits per heavy atom. The van der Waals surface area contributed by atoms with Crippen molar-refractivity contribution in [1.29, 1.82) is 0 Å². The number of rotatable bonds is 9. The van der Waals surface area contributed by atoms with E-state index in [9.17, 15) is 0 Å². The van der Waals surface area contributed by atoms with Crippen LogP contribution < -0.4 is 5.32 Å². The molecule has 104 valence electrons. The van der Waals surface area contributed by atoms with Gasteiger partial charge in [-0.1, -0.05) is 27.7 Å². The summed E-state index contributed by atoms with van der Waals surface area (Å²) in [6.07, 6.45) is 5.79. The van der Waals surface area contributed by atoms with Crippen molar-refractivity contribution in [2.45, 2.75) is 72.4 Å². The Balaban J connectivity index is 2.44. The molecule has 1 rings (SSSR count). The van der Waals surface area contributed by atoms with Gasteiger partial charge in [0.05, 0.1) is 5.69 Å². The topological polar surface area (TPSA) is 29.9 Å². The van der Waals surface area contributed by atoms with E-state index in [1.54, 1.807) is 0 Å². The molecule has 0 aliphatic heterocycles. The average molecular weight is 251 g/mol. The predicted octanol–water partition coefficient (Wildman–Crippen LogP) is 3.18. The zero-order valence-corrected chi connectivity index (χ0v) is 12.5. The van der Waals surface area contributed by atoms with Gasteiger partial charge in [0.1, 0.15) is 0 Å². The van der Waals surface area contributed by atoms with E-state index in [-0.39, 0.29) is 0 Å². The highest BCUT2D eigenvalue weighted by Gasteiger charge is 2.07. The van der Waals surface area contributed by atoms with Crippen LogP contribution in [0.2, 0.25) is 0 Å². The van der Waals surface area contributed by atoms with Crippen molar-refractivity contribution in [2.75, 3.05) is 6.54 Å². The van der Waals surface area contributed by atoms with Gasteiger partial charge in [0.15, 0.2) is 0 Å². The predicted molar refractivity (Wildman–Crippen MR) is 78.0 cm³/mol. The van der Waals surface area contributed by atoms with Crippen LogP contribution in [-0.2, 0) is 19.4 Å². The van der Waals surface area contributed by atoms with E-state index in [1.165, 1.54) is 30.7 Å². The lowest BCUT2D eigenvalue weighted by atomic mass is 10.1. The summed E-state index contributed by atoms with van der Waals surface area (Å²) in [6.45, 7) is 10.9. The highest BCUT2D eigenvalue weighted by atomic mass is 15.3. The second-order valence-corrected chi connectivity index (χ2v) is 4.86. The Morgan fingerprint density at radius 3 is 2.56 bits per heavy atom. The van der Waals surface area contributed by atoms with E-state index in [4.69, 9.17) is 0 Å². The van der Waals surface area contributed by atoms with Gasteiger partial charge in [-0.2, -0.15) is 5.10 Å². The fraction of sp³-hybridized carbons (Fsp3) is 0.800. The van der Waals surface area contributed by atoms with Crippen molar-refractivity contribution in [3.63, 3.8) is 0 Å². The third kappa shape index (κ3) is 4.45. The molecule has 1 aromatic heterocycles. The SMILES string of the molecule is CCNC(CC)CCCn1nc(CC)cc1CC. The van der Waals surface area contributed by atoms with E-state index in [2.05, 4.69) is 48.9 Å². The average Bonchev–Trinajstić information content (AvgIpc) is 2.80. The standard InChI is InChI=1S/C15H29N3/c1-5-13(16-8-4)10-9-11-18-15(7-3)12-14(6-2)17-18/h12-13,16H,5-11H2,1-4H3. The first-order valence-electron chi connectivity index (χ1n) is 7.54. The third-order valence-electron chi connectivity index (χ3n) is 3.55. The Bertz CT molecular complexity index is 330. The van der Waals surface area contributed by atoms with Crippen LogP contribution in [0.25, 0.3) is 0 Å². The van der Waals surface area contributed by atoms with Crippen LogP contribution in [0.15, 0.2) is 6.07 Å². The Labute approximate surface area is 112 Å². The van der Waals surface area contributed by atoms with E-state index in [0.29, 0.717) is 6.04 Å². The molecule has 0 aliphatic carbocycles. The second kappa shape index (κ2) is 8.30. The van der Waals surface area contributed by atoms with Gasteiger partial charge < -0.3 is 5.32 Å². The molecule has 0 bridgehead atoms. The van der Waals surface area contributed by atoms with Crippen molar-refractivity contribution in [3.05, 3.63) is 17.5 Å². The third-order valence-corrected chi connectivity index (χ3v) is 3.55. The van der Waals surface area contributed by atoms with Crippen molar-refractivity contribution in [3.8, 4) is 0 Å². The van der Waals surface area contributed by atoms with Crippen molar-refractivity contribution in [1.82, 2.24) is 15.1 Å². The van der Waals surface area contributed by atoms with Gasteiger partial charge in [0, 0.05) is 18.3 Å². The van der Waals surface area contributed by atoms with E-state index in [0.717, 1.165) is 25.9 Å². The molecule has 0 fully saturated rings. The maximum Gasteiger partial charge on any atom is 0.0624 e. The minimum Gasteiger partial charge on any atom is -0.314 e. The maximum absolute atomic E-state index is 4.66. The summed E-state index contributed by atoms with van der Waals surface area (Å²) in [5, 5.41) is 8.20. The molecule has 0 saturated heterocycles. The van der Waals surface area contributed by atoms with Gasteiger partial charge in [-0.25, -0.2) is 0 Å². The molecule has 0 aromatic carbocycles. The van der Waals surface area contributed by atoms with Gasteiger partial charge in [-0.3, -0.25) is 4.68 Å². The molecule has 0 aliphatic rings. The van der Waals surface area contributed by atoms with Crippen molar-refractivity contribution < 1.29 is 0 Å². The molecule has 3 heteroatoms. The van der Waals surface area contributed by atoms with Crippen molar-refractivity contribution >= 4 is 0 Å². The first-order valence-corrected chi connectivity index (χ1v) is 7.54. The van der Waals surface area contributed by atoms with Gasteiger partial charge in [-0.05, 0) is 44.7 Å². The molecule has 0 spiro atoms. The zero-order valence-electron chi connectivity index (χ0n) is 12.5. The highest BCUT2D eigenvalue weighted by molar-refractivity contribution is 5.10. The summed E-state index contributed by atoms with van der Waals surface area (Å²) >= 11 is 0. The highest BCUT2D eigenvalue weighted by Crippen LogP contribution is 2.09. The van der Waals surface area contributed by atoms with Gasteiger partial charge in [-0.15, -0.1) is 0 Å². The molecular formula is C15H29N3. The van der Waals surface area contributed by atoms with E-state index >= 15 is 0 Å². The van der Waals surface area contributed by atoms with Gasteiger partial charge in [0.25, 0.3) is 0 Å². The van der Waals surface area contributed by atoms with Crippen LogP contribution in [0.4, 0.5) is 0 Å². The first kappa shape index (κ1) is 15.2. The molecule has 1 N–H and O–H groups in total. The number of hydrogen-bond acceptors (Lipinski definition) is 2. The summed E-state index contributed by atoms with van der Waals surface area (Å²) in [4.78, 5) is 0. The molecule has 1 heterocycles. The Hall–Kier alpha value is -0.830. The normalized spacial score (nSPS) is 12.9. The van der Waals surface area contributed by atoms with Crippen LogP contribution in [0, 0.1) is 0 Å². The molecule has 1 atom stereocenters. The molecule has 1 aromatic rings. The largest absolute Gasteiger partial charge is 0.314 e. The number of aromatic nitrogens is 2. The molecular weight excluding hydrogens is 222 g/mol. The monoisotopic (exact) mass is 251 g/mol. The first-order chi connectivity index (χ1) is 8.74. The molecule has 0 radical (unpaired) electrons. The molecule has 1 unspecified atom stereocenters. The Kier molecular flexibility index (Phi) is 7.02. The second-order valence-electron chi connectivity index (χ2n) is 4.86. The van der Waals surface area contributed by atoms with Crippen molar-refractivity contribution in [2.24, 2.45) is 0 Å². The minimum atomic E-state index is 0.668. The molecule has 3 nitrogen and oxygen atoms in total. The molecule has 0 saturated carbocycles. The van der Waals surface area contributed by atoms with Crippen LogP contribution in [0.5, 0.6) is 0 Å². The van der Waals surface area contributed by atoms with Crippen LogP contribution >= 0.6 is 0 Å². The lowest BCUT2D eigenvalue weighted by molar-refractivity contribution is 0.435. The number of nitrogens with one attached hydrogen (secondary N) is 1. The van der Waals surface area contributed by atoms with Gasteiger partial charge >= 0.3 is 0 Å². The number of aryl methyl sites for hydroxylation is 3. The number of hydrogen-bond donors (Lipinski definition) is 1. The summed E-state index contributed by atoms with van der Waals surface area (Å²) in [6, 6.07) is 2.92. The smallest absolute Gasteiger partial charge is 0.0624 e. The summed E-state index contributed by atoms with van der Waals surface area (Å²) in [5.74, 6) is 0. The Morgan fingerprint density at radius 1 is 1.22 bits per heavy atom. The van der Waals surface area contributed by atoms with E-state index < -0.39 is 0 Å². The van der Waals surface area contributed by atoms with Crippen LogP contribution in [0.1, 0.15) is 58.3 Å². The summed E-state index contributed by atoms with van der Waals surface area (Å²) < 4.78 is 2.21. The zero-order chi connectivity index (χ0) is 13.4. The fourth-order valence-corrected chi connectivity index (χ4v) is 2.39.